The zero-order chi connectivity index (χ0) is 48.7. The first-order chi connectivity index (χ1) is 34.0. The first-order valence-corrected chi connectivity index (χ1v) is 26.4. The molecular weight excluding hydrogens is 858 g/mol. The summed E-state index contributed by atoms with van der Waals surface area (Å²) < 4.78 is 0. The average Bonchev–Trinajstić information content (AvgIpc) is 3.75. The lowest BCUT2D eigenvalue weighted by Gasteiger charge is -2.52. The molecule has 350 valence electrons. The van der Waals surface area contributed by atoms with Crippen LogP contribution in [0.25, 0.3) is 22.3 Å². The molecule has 4 heterocycles. The monoisotopic (exact) mass is 922 g/mol. The number of aryl methyl sites for hydroxylation is 1. The van der Waals surface area contributed by atoms with E-state index in [0.29, 0.717) is 0 Å². The van der Waals surface area contributed by atoms with Gasteiger partial charge >= 0.3 is 0 Å². The summed E-state index contributed by atoms with van der Waals surface area (Å²) in [5.74, 6) is 0. The Morgan fingerprint density at radius 3 is 1.92 bits per heavy atom. The molecule has 1 fully saturated rings. The highest BCUT2D eigenvalue weighted by molar-refractivity contribution is 7.00. The summed E-state index contributed by atoms with van der Waals surface area (Å²) in [6.07, 6.45) is 4.90. The molecule has 0 saturated heterocycles. The average molecular weight is 922 g/mol. The number of para-hydroxylation sites is 1. The van der Waals surface area contributed by atoms with Crippen molar-refractivity contribution >= 4 is 68.6 Å². The molecule has 0 aromatic heterocycles. The van der Waals surface area contributed by atoms with Crippen molar-refractivity contribution in [1.82, 2.24) is 0 Å². The third-order valence-corrected chi connectivity index (χ3v) is 18.8. The number of fused-ring (bicyclic) bond motifs is 13. The Balaban J connectivity index is 1.11. The Labute approximate surface area is 422 Å². The fraction of sp³-hybridized carbons (Fsp3) is 0.284. The SMILES string of the molecule is Cc1cc2c3c4c1C1(C)c5ccccc5-c5cccc(c51)N4c1cc(N4c5ccccc5C5(C)CCCCC45C)ccc1B3c1cc(C(C)(C)C)ccc1N2c1ccc(C(C)(C)C)cc1-c1ccccc1. The first kappa shape index (κ1) is 43.0. The van der Waals surface area contributed by atoms with E-state index in [-0.39, 0.29) is 33.9 Å². The largest absolute Gasteiger partial charge is 0.334 e. The van der Waals surface area contributed by atoms with Gasteiger partial charge in [0.25, 0.3) is 6.71 Å². The molecule has 3 nitrogen and oxygen atoms in total. The molecule has 1 saturated carbocycles. The zero-order valence-electron chi connectivity index (χ0n) is 43.3. The van der Waals surface area contributed by atoms with Crippen LogP contribution in [0.15, 0.2) is 158 Å². The number of hydrogen-bond acceptors (Lipinski definition) is 3. The van der Waals surface area contributed by atoms with E-state index in [0.717, 1.165) is 0 Å². The Bertz CT molecular complexity index is 3610. The highest BCUT2D eigenvalue weighted by Gasteiger charge is 2.59. The molecule has 0 amide bonds. The third-order valence-electron chi connectivity index (χ3n) is 18.8. The van der Waals surface area contributed by atoms with Crippen LogP contribution in [0.5, 0.6) is 0 Å². The minimum atomic E-state index is -0.361. The summed E-state index contributed by atoms with van der Waals surface area (Å²) in [4.78, 5) is 8.20. The zero-order valence-corrected chi connectivity index (χ0v) is 43.3. The van der Waals surface area contributed by atoms with Crippen LogP contribution in [0.3, 0.4) is 0 Å². The standard InChI is InChI=1S/C67H64BN3/c1-41-37-58-61-62-59(41)67(10)49-25-15-14-23-46(49)47-24-20-28-56(60(47)67)70(62)57-40-45(71-54-27-17-16-26-50(54)65(8)35-18-19-36-66(65,71)9)31-32-51(57)68(61)52-39-44(64(5,6)7)30-34-55(52)69(58)53-33-29-43(63(2,3)4)38-48(53)42-21-12-11-13-22-42/h11-17,20-34,37-40H,18-19,35-36H2,1-10H3. The van der Waals surface area contributed by atoms with Crippen LogP contribution < -0.4 is 31.1 Å². The predicted molar refractivity (Wildman–Crippen MR) is 302 cm³/mol. The lowest BCUT2D eigenvalue weighted by molar-refractivity contribution is 0.195. The van der Waals surface area contributed by atoms with E-state index in [1.54, 1.807) is 0 Å². The van der Waals surface area contributed by atoms with Crippen molar-refractivity contribution in [3.05, 3.63) is 197 Å². The molecule has 0 spiro atoms. The number of nitrogens with zero attached hydrogens (tertiary/aromatic N) is 3. The molecule has 4 heteroatoms. The van der Waals surface area contributed by atoms with Gasteiger partial charge in [-0.15, -0.1) is 0 Å². The second kappa shape index (κ2) is 14.2. The minimum Gasteiger partial charge on any atom is -0.334 e. The van der Waals surface area contributed by atoms with Gasteiger partial charge in [0, 0.05) is 50.5 Å². The molecule has 2 aliphatic carbocycles. The van der Waals surface area contributed by atoms with E-state index in [1.165, 1.54) is 149 Å². The smallest absolute Gasteiger partial charge is 0.252 e. The Morgan fingerprint density at radius 2 is 1.14 bits per heavy atom. The second-order valence-electron chi connectivity index (χ2n) is 24.6. The minimum absolute atomic E-state index is 0.00593. The van der Waals surface area contributed by atoms with Crippen molar-refractivity contribution in [2.24, 2.45) is 0 Å². The molecule has 0 radical (unpaired) electrons. The van der Waals surface area contributed by atoms with E-state index in [2.05, 4.69) is 242 Å². The molecule has 3 unspecified atom stereocenters. The Hall–Kier alpha value is -6.78. The summed E-state index contributed by atoms with van der Waals surface area (Å²) in [5.41, 5.74) is 29.1. The Morgan fingerprint density at radius 1 is 0.479 bits per heavy atom. The highest BCUT2D eigenvalue weighted by atomic mass is 15.3. The van der Waals surface area contributed by atoms with Crippen molar-refractivity contribution in [3.63, 3.8) is 0 Å². The molecule has 3 atom stereocenters. The fourth-order valence-corrected chi connectivity index (χ4v) is 15.1. The maximum absolute atomic E-state index is 2.78. The van der Waals surface area contributed by atoms with Gasteiger partial charge in [0.2, 0.25) is 0 Å². The molecule has 0 bridgehead atoms. The number of rotatable bonds is 3. The maximum atomic E-state index is 2.78. The fourth-order valence-electron chi connectivity index (χ4n) is 15.1. The van der Waals surface area contributed by atoms with Gasteiger partial charge in [0.1, 0.15) is 0 Å². The van der Waals surface area contributed by atoms with E-state index < -0.39 is 0 Å². The molecule has 71 heavy (non-hydrogen) atoms. The Kier molecular flexibility index (Phi) is 8.62. The normalized spacial score (nSPS) is 21.8. The quantitative estimate of drug-likeness (QED) is 0.164. The maximum Gasteiger partial charge on any atom is 0.252 e. The van der Waals surface area contributed by atoms with E-state index in [1.807, 2.05) is 0 Å². The van der Waals surface area contributed by atoms with Crippen molar-refractivity contribution in [3.8, 4) is 22.3 Å². The van der Waals surface area contributed by atoms with Gasteiger partial charge in [-0.05, 0) is 165 Å². The van der Waals surface area contributed by atoms with Gasteiger partial charge in [-0.2, -0.15) is 0 Å². The van der Waals surface area contributed by atoms with Gasteiger partial charge in [0.15, 0.2) is 0 Å². The predicted octanol–water partition coefficient (Wildman–Crippen LogP) is 15.7. The van der Waals surface area contributed by atoms with Crippen molar-refractivity contribution in [1.29, 1.82) is 0 Å². The number of anilines is 8. The summed E-state index contributed by atoms with van der Waals surface area (Å²) >= 11 is 0. The summed E-state index contributed by atoms with van der Waals surface area (Å²) in [7, 11) is 0. The second-order valence-corrected chi connectivity index (χ2v) is 24.6. The number of benzene rings is 8. The van der Waals surface area contributed by atoms with Crippen LogP contribution in [0.1, 0.15) is 127 Å². The summed E-state index contributed by atoms with van der Waals surface area (Å²) in [5, 5.41) is 0. The lowest BCUT2D eigenvalue weighted by atomic mass is 9.32. The third kappa shape index (κ3) is 5.47. The van der Waals surface area contributed by atoms with Crippen molar-refractivity contribution in [2.45, 2.75) is 122 Å². The van der Waals surface area contributed by atoms with Gasteiger partial charge in [0.05, 0.1) is 16.9 Å². The van der Waals surface area contributed by atoms with Crippen LogP contribution >= 0.6 is 0 Å². The van der Waals surface area contributed by atoms with Crippen LogP contribution in [0, 0.1) is 6.92 Å². The first-order valence-electron chi connectivity index (χ1n) is 26.4. The molecule has 6 aliphatic rings. The number of hydrogen-bond donors (Lipinski definition) is 0. The molecule has 8 aromatic rings. The van der Waals surface area contributed by atoms with Crippen LogP contribution in [-0.2, 0) is 21.7 Å². The van der Waals surface area contributed by atoms with Gasteiger partial charge < -0.3 is 14.7 Å². The van der Waals surface area contributed by atoms with Crippen molar-refractivity contribution < 1.29 is 0 Å². The molecular formula is C67H64BN3. The van der Waals surface area contributed by atoms with Crippen molar-refractivity contribution in [2.75, 3.05) is 14.7 Å². The van der Waals surface area contributed by atoms with Gasteiger partial charge in [-0.1, -0.05) is 171 Å². The summed E-state index contributed by atoms with van der Waals surface area (Å²) in [6, 6.07) is 61.9. The van der Waals surface area contributed by atoms with Crippen LogP contribution in [-0.4, -0.2) is 12.3 Å². The molecule has 4 aliphatic heterocycles. The highest BCUT2D eigenvalue weighted by Crippen LogP contribution is 2.65. The van der Waals surface area contributed by atoms with Gasteiger partial charge in [-0.3, -0.25) is 0 Å². The summed E-state index contributed by atoms with van der Waals surface area (Å²) in [6.45, 7) is 24.2. The molecule has 8 aromatic carbocycles. The van der Waals surface area contributed by atoms with E-state index in [9.17, 15) is 0 Å². The lowest BCUT2D eigenvalue weighted by Crippen LogP contribution is -2.63. The topological polar surface area (TPSA) is 9.72 Å². The van der Waals surface area contributed by atoms with E-state index >= 15 is 0 Å². The van der Waals surface area contributed by atoms with Crippen LogP contribution in [0.4, 0.5) is 45.5 Å². The molecule has 0 N–H and O–H groups in total. The molecule has 14 rings (SSSR count). The van der Waals surface area contributed by atoms with Crippen LogP contribution in [0.2, 0.25) is 0 Å². The van der Waals surface area contributed by atoms with Gasteiger partial charge in [-0.25, -0.2) is 0 Å². The van der Waals surface area contributed by atoms with E-state index in [4.69, 9.17) is 0 Å².